The van der Waals surface area contributed by atoms with Gasteiger partial charge in [0.05, 0.1) is 15.5 Å². The fourth-order valence-electron chi connectivity index (χ4n) is 1.50. The van der Waals surface area contributed by atoms with Gasteiger partial charge >= 0.3 is 0 Å². The number of benzene rings is 2. The van der Waals surface area contributed by atoms with Gasteiger partial charge in [0.2, 0.25) is 0 Å². The predicted molar refractivity (Wildman–Crippen MR) is 75.8 cm³/mol. The van der Waals surface area contributed by atoms with Crippen LogP contribution in [-0.2, 0) is 10.0 Å². The molecule has 5 nitrogen and oxygen atoms in total. The Morgan fingerprint density at radius 1 is 1.25 bits per heavy atom. The summed E-state index contributed by atoms with van der Waals surface area (Å²) in [4.78, 5) is 11.8. The fraction of sp³-hybridized carbons (Fsp3) is 0. The lowest BCUT2D eigenvalue weighted by Crippen LogP contribution is -2.30. The van der Waals surface area contributed by atoms with Crippen LogP contribution in [0.5, 0.6) is 0 Å². The van der Waals surface area contributed by atoms with Crippen LogP contribution in [0.1, 0.15) is 10.4 Å². The molecule has 0 aliphatic carbocycles. The number of anilines is 1. The van der Waals surface area contributed by atoms with Crippen LogP contribution in [0.3, 0.4) is 0 Å². The van der Waals surface area contributed by atoms with Crippen LogP contribution in [0.25, 0.3) is 0 Å². The summed E-state index contributed by atoms with van der Waals surface area (Å²) < 4.78 is 26.0. The van der Waals surface area contributed by atoms with Crippen molar-refractivity contribution in [3.63, 3.8) is 0 Å². The highest BCUT2D eigenvalue weighted by atomic mass is 35.5. The maximum absolute atomic E-state index is 12.0. The highest BCUT2D eigenvalue weighted by molar-refractivity contribution is 7.90. The van der Waals surface area contributed by atoms with E-state index in [1.807, 2.05) is 4.72 Å². The van der Waals surface area contributed by atoms with E-state index in [9.17, 15) is 13.2 Å². The maximum Gasteiger partial charge on any atom is 0.266 e. The summed E-state index contributed by atoms with van der Waals surface area (Å²) in [5, 5.41) is 0.166. The second-order valence-electron chi connectivity index (χ2n) is 3.92. The number of rotatable bonds is 3. The van der Waals surface area contributed by atoms with E-state index in [2.05, 4.69) is 6.07 Å². The molecule has 103 valence electrons. The van der Waals surface area contributed by atoms with Crippen LogP contribution in [-0.4, -0.2) is 14.3 Å². The van der Waals surface area contributed by atoms with Crippen LogP contribution in [0.4, 0.5) is 5.69 Å². The Kier molecular flexibility index (Phi) is 3.96. The number of nitrogens with one attached hydrogen (secondary N) is 1. The summed E-state index contributed by atoms with van der Waals surface area (Å²) in [6, 6.07) is 12.6. The number of nitrogen functional groups attached to an aromatic ring is 1. The molecule has 0 fully saturated rings. The van der Waals surface area contributed by atoms with Crippen molar-refractivity contribution in [2.45, 2.75) is 4.90 Å². The van der Waals surface area contributed by atoms with Crippen LogP contribution in [0.15, 0.2) is 47.4 Å². The van der Waals surface area contributed by atoms with Gasteiger partial charge in [-0.25, -0.2) is 13.1 Å². The van der Waals surface area contributed by atoms with Crippen molar-refractivity contribution in [2.24, 2.45) is 0 Å². The van der Waals surface area contributed by atoms with E-state index in [0.717, 1.165) is 0 Å². The first-order valence-electron chi connectivity index (χ1n) is 5.48. The topological polar surface area (TPSA) is 89.3 Å². The van der Waals surface area contributed by atoms with Gasteiger partial charge < -0.3 is 5.73 Å². The highest BCUT2D eigenvalue weighted by Gasteiger charge is 2.20. The number of carbonyl (C=O) groups is 1. The van der Waals surface area contributed by atoms with Crippen molar-refractivity contribution in [3.05, 3.63) is 59.1 Å². The van der Waals surface area contributed by atoms with Crippen molar-refractivity contribution in [3.8, 4) is 0 Å². The molecule has 0 saturated heterocycles. The average molecular weight is 310 g/mol. The Labute approximate surface area is 121 Å². The Balaban J connectivity index is 2.30. The zero-order valence-corrected chi connectivity index (χ0v) is 11.7. The quantitative estimate of drug-likeness (QED) is 0.847. The molecule has 0 spiro atoms. The molecule has 3 N–H and O–H groups in total. The molecule has 0 heterocycles. The molecule has 0 aliphatic heterocycles. The van der Waals surface area contributed by atoms with E-state index < -0.39 is 15.9 Å². The number of hydrogen-bond donors (Lipinski definition) is 2. The van der Waals surface area contributed by atoms with Crippen molar-refractivity contribution < 1.29 is 13.2 Å². The Hall–Kier alpha value is -2.05. The minimum Gasteiger partial charge on any atom is -0.399 e. The summed E-state index contributed by atoms with van der Waals surface area (Å²) in [5.41, 5.74) is 5.80. The Morgan fingerprint density at radius 3 is 2.60 bits per heavy atom. The van der Waals surface area contributed by atoms with Crippen LogP contribution >= 0.6 is 11.6 Å². The second kappa shape index (κ2) is 5.52. The van der Waals surface area contributed by atoms with Gasteiger partial charge in [0.25, 0.3) is 15.9 Å². The molecule has 20 heavy (non-hydrogen) atoms. The van der Waals surface area contributed by atoms with Crippen molar-refractivity contribution >= 4 is 33.2 Å². The first kappa shape index (κ1) is 14.4. The Bertz CT molecular complexity index is 760. The second-order valence-corrected chi connectivity index (χ2v) is 6.01. The van der Waals surface area contributed by atoms with Gasteiger partial charge in [0, 0.05) is 5.69 Å². The summed E-state index contributed by atoms with van der Waals surface area (Å²) in [7, 11) is -4.02. The number of nitrogens with two attached hydrogens (primary N) is 1. The first-order valence-corrected chi connectivity index (χ1v) is 7.34. The summed E-state index contributed by atoms with van der Waals surface area (Å²) >= 11 is 5.84. The van der Waals surface area contributed by atoms with E-state index in [0.29, 0.717) is 0 Å². The molecule has 2 rings (SSSR count). The molecule has 0 atom stereocenters. The van der Waals surface area contributed by atoms with Crippen molar-refractivity contribution in [2.75, 3.05) is 5.73 Å². The lowest BCUT2D eigenvalue weighted by Gasteiger charge is -2.08. The molecule has 0 aromatic heterocycles. The molecule has 2 aromatic rings. The maximum atomic E-state index is 12.0. The smallest absolute Gasteiger partial charge is 0.266 e. The number of amides is 1. The average Bonchev–Trinajstić information content (AvgIpc) is 2.38. The van der Waals surface area contributed by atoms with Gasteiger partial charge in [-0.3, -0.25) is 4.79 Å². The number of carbonyl (C=O) groups excluding carboxylic acids is 1. The van der Waals surface area contributed by atoms with Crippen molar-refractivity contribution in [1.29, 1.82) is 0 Å². The first-order chi connectivity index (χ1) is 9.40. The normalized spacial score (nSPS) is 11.1. The number of halogens is 1. The van der Waals surface area contributed by atoms with E-state index >= 15 is 0 Å². The van der Waals surface area contributed by atoms with Gasteiger partial charge in [0.1, 0.15) is 0 Å². The van der Waals surface area contributed by atoms with E-state index in [-0.39, 0.29) is 21.2 Å². The van der Waals surface area contributed by atoms with E-state index in [1.54, 1.807) is 12.1 Å². The molecule has 0 saturated carbocycles. The highest BCUT2D eigenvalue weighted by Crippen LogP contribution is 2.17. The minimum atomic E-state index is -4.02. The SMILES string of the molecule is Nc1c[c]cc(S(=O)(=O)NC(=O)c2ccccc2Cl)c1. The molecular formula is C13H10ClN2O3S. The zero-order valence-electron chi connectivity index (χ0n) is 10.1. The molecule has 0 aliphatic rings. The van der Waals surface area contributed by atoms with Gasteiger partial charge in [-0.2, -0.15) is 0 Å². The molecular weight excluding hydrogens is 300 g/mol. The fourth-order valence-corrected chi connectivity index (χ4v) is 2.71. The third kappa shape index (κ3) is 3.09. The molecule has 0 bridgehead atoms. The largest absolute Gasteiger partial charge is 0.399 e. The zero-order chi connectivity index (χ0) is 14.8. The summed E-state index contributed by atoms with van der Waals surface area (Å²) in [5.74, 6) is -0.807. The molecule has 1 radical (unpaired) electrons. The minimum absolute atomic E-state index is 0.0747. The number of sulfonamides is 1. The van der Waals surface area contributed by atoms with E-state index in [4.69, 9.17) is 17.3 Å². The van der Waals surface area contributed by atoms with Crippen LogP contribution in [0, 0.1) is 6.07 Å². The van der Waals surface area contributed by atoms with E-state index in [1.165, 1.54) is 30.3 Å². The van der Waals surface area contributed by atoms with Gasteiger partial charge in [-0.1, -0.05) is 23.7 Å². The van der Waals surface area contributed by atoms with Crippen LogP contribution in [0.2, 0.25) is 5.02 Å². The van der Waals surface area contributed by atoms with Gasteiger partial charge in [-0.05, 0) is 36.4 Å². The van der Waals surface area contributed by atoms with Crippen LogP contribution < -0.4 is 10.5 Å². The lowest BCUT2D eigenvalue weighted by atomic mass is 10.2. The van der Waals surface area contributed by atoms with Crippen molar-refractivity contribution in [1.82, 2.24) is 4.72 Å². The lowest BCUT2D eigenvalue weighted by molar-refractivity contribution is 0.0981. The van der Waals surface area contributed by atoms with Gasteiger partial charge in [-0.15, -0.1) is 0 Å². The monoisotopic (exact) mass is 309 g/mol. The van der Waals surface area contributed by atoms with Gasteiger partial charge in [0.15, 0.2) is 0 Å². The third-order valence-corrected chi connectivity index (χ3v) is 4.08. The third-order valence-electron chi connectivity index (χ3n) is 2.44. The predicted octanol–water partition coefficient (Wildman–Crippen LogP) is 1.84. The molecule has 7 heteroatoms. The molecule has 1 amide bonds. The summed E-state index contributed by atoms with van der Waals surface area (Å²) in [6.45, 7) is 0. The molecule has 0 unspecified atom stereocenters. The standard InChI is InChI=1S/C13H10ClN2O3S/c14-12-7-2-1-6-11(12)13(17)16-20(18,19)10-5-3-4-9(15)8-10/h1-2,4-8H,15H2,(H,16,17). The summed E-state index contributed by atoms with van der Waals surface area (Å²) in [6.07, 6.45) is 0. The Morgan fingerprint density at radius 2 is 1.95 bits per heavy atom. The number of hydrogen-bond acceptors (Lipinski definition) is 4. The molecule has 2 aromatic carbocycles.